The number of methoxy groups -OCH3 is 1. The normalized spacial score (nSPS) is 12.2. The third-order valence-corrected chi connectivity index (χ3v) is 6.49. The topological polar surface area (TPSA) is 118 Å². The van der Waals surface area contributed by atoms with Gasteiger partial charge in [-0.3, -0.25) is 14.6 Å². The van der Waals surface area contributed by atoms with Gasteiger partial charge in [-0.1, -0.05) is 18.2 Å². The number of pyridine rings is 2. The van der Waals surface area contributed by atoms with Crippen molar-refractivity contribution in [2.75, 3.05) is 14.2 Å². The number of nitrogens with one attached hydrogen (secondary N) is 3. The van der Waals surface area contributed by atoms with E-state index in [2.05, 4.69) is 30.3 Å². The predicted octanol–water partition coefficient (Wildman–Crippen LogP) is 4.77. The van der Waals surface area contributed by atoms with E-state index in [-0.39, 0.29) is 29.3 Å². The lowest BCUT2D eigenvalue weighted by Gasteiger charge is -2.17. The number of halogens is 3. The zero-order valence-corrected chi connectivity index (χ0v) is 21.9. The molecule has 1 unspecified atom stereocenters. The Labute approximate surface area is 231 Å². The molecule has 9 nitrogen and oxygen atoms in total. The smallest absolute Gasteiger partial charge is 0.496 e. The first-order valence-electron chi connectivity index (χ1n) is 12.4. The van der Waals surface area contributed by atoms with Gasteiger partial charge >= 0.3 is 6.36 Å². The zero-order chi connectivity index (χ0) is 29.1. The van der Waals surface area contributed by atoms with Crippen LogP contribution in [0.4, 0.5) is 13.2 Å². The molecule has 0 bridgehead atoms. The van der Waals surface area contributed by atoms with Gasteiger partial charge in [0.15, 0.2) is 0 Å². The molecule has 0 radical (unpaired) electrons. The van der Waals surface area contributed by atoms with Crippen LogP contribution in [0.25, 0.3) is 32.9 Å². The summed E-state index contributed by atoms with van der Waals surface area (Å²) in [5, 5.41) is 6.80. The molecule has 5 aromatic rings. The highest BCUT2D eigenvalue weighted by Gasteiger charge is 2.31. The number of aromatic nitrogens is 3. The van der Waals surface area contributed by atoms with Gasteiger partial charge in [-0.15, -0.1) is 13.2 Å². The van der Waals surface area contributed by atoms with Gasteiger partial charge < -0.3 is 25.1 Å². The fourth-order valence-electron chi connectivity index (χ4n) is 4.60. The number of amides is 2. The molecule has 0 spiro atoms. The van der Waals surface area contributed by atoms with Crippen LogP contribution >= 0.6 is 0 Å². The maximum Gasteiger partial charge on any atom is 0.573 e. The van der Waals surface area contributed by atoms with Crippen molar-refractivity contribution in [3.05, 3.63) is 84.4 Å². The Bertz CT molecular complexity index is 1750. The number of alkyl halides is 3. The summed E-state index contributed by atoms with van der Waals surface area (Å²) in [6, 6.07) is 13.4. The van der Waals surface area contributed by atoms with Gasteiger partial charge in [0.1, 0.15) is 23.2 Å². The Morgan fingerprint density at radius 3 is 2.61 bits per heavy atom. The minimum absolute atomic E-state index is 0.000516. The molecule has 12 heteroatoms. The van der Waals surface area contributed by atoms with Crippen LogP contribution in [-0.2, 0) is 11.2 Å². The number of carbonyl (C=O) groups is 2. The number of nitrogens with zero attached hydrogens (tertiary/aromatic N) is 2. The molecule has 5 rings (SSSR count). The molecular weight excluding hydrogens is 539 g/mol. The van der Waals surface area contributed by atoms with Gasteiger partial charge in [-0.2, -0.15) is 0 Å². The number of carbonyl (C=O) groups excluding carboxylic acids is 2. The molecule has 2 aromatic carbocycles. The number of hydrogen-bond acceptors (Lipinski definition) is 6. The first-order valence-corrected chi connectivity index (χ1v) is 12.4. The van der Waals surface area contributed by atoms with Gasteiger partial charge in [0.25, 0.3) is 5.91 Å². The number of aromatic amines is 1. The summed E-state index contributed by atoms with van der Waals surface area (Å²) in [7, 11) is 2.86. The van der Waals surface area contributed by atoms with E-state index < -0.39 is 24.1 Å². The Kier molecular flexibility index (Phi) is 7.47. The van der Waals surface area contributed by atoms with E-state index in [4.69, 9.17) is 4.74 Å². The summed E-state index contributed by atoms with van der Waals surface area (Å²) in [6.07, 6.45) is 0.0586. The number of ether oxygens (including phenoxy) is 2. The van der Waals surface area contributed by atoms with E-state index >= 15 is 0 Å². The van der Waals surface area contributed by atoms with Crippen molar-refractivity contribution in [1.29, 1.82) is 0 Å². The molecule has 3 N–H and O–H groups in total. The first kappa shape index (κ1) is 27.4. The molecule has 1 atom stereocenters. The van der Waals surface area contributed by atoms with Crippen molar-refractivity contribution in [2.45, 2.75) is 18.8 Å². The minimum atomic E-state index is -4.89. The fraction of sp³-hybridized carbons (Fsp3) is 0.172. The third-order valence-electron chi connectivity index (χ3n) is 6.49. The van der Waals surface area contributed by atoms with Crippen molar-refractivity contribution in [3.63, 3.8) is 0 Å². The van der Waals surface area contributed by atoms with Gasteiger partial charge in [-0.05, 0) is 42.0 Å². The summed E-state index contributed by atoms with van der Waals surface area (Å²) in [5.41, 5.74) is 2.61. The highest BCUT2D eigenvalue weighted by Crippen LogP contribution is 2.37. The van der Waals surface area contributed by atoms with Gasteiger partial charge in [0.2, 0.25) is 5.91 Å². The predicted molar refractivity (Wildman–Crippen MR) is 146 cm³/mol. The summed E-state index contributed by atoms with van der Waals surface area (Å²) in [4.78, 5) is 37.9. The number of para-hydroxylation sites is 1. The highest BCUT2D eigenvalue weighted by molar-refractivity contribution is 6.01. The fourth-order valence-corrected chi connectivity index (χ4v) is 4.60. The van der Waals surface area contributed by atoms with Crippen LogP contribution in [0.15, 0.2) is 73.2 Å². The molecule has 0 saturated carbocycles. The van der Waals surface area contributed by atoms with E-state index in [0.717, 1.165) is 22.5 Å². The van der Waals surface area contributed by atoms with Gasteiger partial charge in [-0.25, -0.2) is 4.98 Å². The first-order chi connectivity index (χ1) is 19.7. The van der Waals surface area contributed by atoms with E-state index in [1.807, 2.05) is 24.3 Å². The van der Waals surface area contributed by atoms with Gasteiger partial charge in [0, 0.05) is 59.5 Å². The second-order valence-electron chi connectivity index (χ2n) is 9.07. The van der Waals surface area contributed by atoms with Crippen molar-refractivity contribution in [3.8, 4) is 22.6 Å². The number of likely N-dealkylation sites (N-methyl/N-ethyl adjacent to an activating group) is 1. The molecule has 0 aliphatic heterocycles. The van der Waals surface area contributed by atoms with E-state index in [9.17, 15) is 22.8 Å². The van der Waals surface area contributed by atoms with Crippen LogP contribution in [0.3, 0.4) is 0 Å². The van der Waals surface area contributed by atoms with E-state index in [0.29, 0.717) is 16.5 Å². The quantitative estimate of drug-likeness (QED) is 0.250. The molecule has 0 saturated heterocycles. The van der Waals surface area contributed by atoms with Gasteiger partial charge in [0.05, 0.1) is 12.6 Å². The molecule has 3 aromatic heterocycles. The average molecular weight is 564 g/mol. The summed E-state index contributed by atoms with van der Waals surface area (Å²) in [6.45, 7) is 0. The third kappa shape index (κ3) is 5.91. The van der Waals surface area contributed by atoms with Crippen LogP contribution in [0, 0.1) is 0 Å². The molecule has 210 valence electrons. The average Bonchev–Trinajstić information content (AvgIpc) is 3.37. The number of H-pyrrole nitrogens is 1. The molecule has 2 amide bonds. The number of benzene rings is 2. The lowest BCUT2D eigenvalue weighted by Crippen LogP contribution is -2.47. The van der Waals surface area contributed by atoms with Crippen LogP contribution in [0.1, 0.15) is 16.1 Å². The standard InChI is InChI=1S/C29H24F3N5O4/c1-33-27(38)24(11-17-14-35-22-6-4-3-5-19(17)22)37-28(39)23-9-7-16-13-34-15-21(26(16)36-23)20-12-18(41-29(30,31)32)8-10-25(20)40-2/h3-10,12-15,24,35H,11H2,1-2H3,(H,33,38)(H,37,39). The Balaban J connectivity index is 1.49. The van der Waals surface area contributed by atoms with Crippen molar-refractivity contribution < 1.29 is 32.2 Å². The summed E-state index contributed by atoms with van der Waals surface area (Å²) in [5.74, 6) is -1.20. The Morgan fingerprint density at radius 2 is 1.85 bits per heavy atom. The molecule has 0 fully saturated rings. The van der Waals surface area contributed by atoms with Crippen molar-refractivity contribution in [2.24, 2.45) is 0 Å². The number of fused-ring (bicyclic) bond motifs is 2. The maximum atomic E-state index is 13.3. The van der Waals surface area contributed by atoms with Crippen LogP contribution in [-0.4, -0.2) is 53.3 Å². The van der Waals surface area contributed by atoms with Crippen LogP contribution < -0.4 is 20.1 Å². The summed E-state index contributed by atoms with van der Waals surface area (Å²) >= 11 is 0. The molecule has 41 heavy (non-hydrogen) atoms. The summed E-state index contributed by atoms with van der Waals surface area (Å²) < 4.78 is 48.1. The minimum Gasteiger partial charge on any atom is -0.496 e. The molecular formula is C29H24F3N5O4. The van der Waals surface area contributed by atoms with Crippen molar-refractivity contribution in [1.82, 2.24) is 25.6 Å². The molecule has 0 aliphatic rings. The second-order valence-corrected chi connectivity index (χ2v) is 9.07. The lowest BCUT2D eigenvalue weighted by atomic mass is 10.0. The number of rotatable bonds is 8. The van der Waals surface area contributed by atoms with Crippen LogP contribution in [0.5, 0.6) is 11.5 Å². The van der Waals surface area contributed by atoms with Crippen molar-refractivity contribution >= 4 is 33.6 Å². The monoisotopic (exact) mass is 563 g/mol. The Hall–Kier alpha value is -5.13. The number of hydrogen-bond donors (Lipinski definition) is 3. The molecule has 0 aliphatic carbocycles. The molecule has 3 heterocycles. The SMILES string of the molecule is CNC(=O)C(Cc1c[nH]c2ccccc12)NC(=O)c1ccc2cncc(-c3cc(OC(F)(F)F)ccc3OC)c2n1. The zero-order valence-electron chi connectivity index (χ0n) is 21.9. The Morgan fingerprint density at radius 1 is 1.05 bits per heavy atom. The van der Waals surface area contributed by atoms with Crippen LogP contribution in [0.2, 0.25) is 0 Å². The van der Waals surface area contributed by atoms with E-state index in [1.165, 1.54) is 44.8 Å². The van der Waals surface area contributed by atoms with E-state index in [1.54, 1.807) is 12.3 Å². The lowest BCUT2D eigenvalue weighted by molar-refractivity contribution is -0.274. The largest absolute Gasteiger partial charge is 0.573 e. The maximum absolute atomic E-state index is 13.3. The highest BCUT2D eigenvalue weighted by atomic mass is 19.4. The second kappa shape index (κ2) is 11.2.